The molecule has 1 heterocycles. The van der Waals surface area contributed by atoms with Gasteiger partial charge in [-0.25, -0.2) is 4.39 Å². The van der Waals surface area contributed by atoms with Crippen LogP contribution in [-0.2, 0) is 16.0 Å². The van der Waals surface area contributed by atoms with Gasteiger partial charge in [0.05, 0.1) is 38.2 Å². The third-order valence-electron chi connectivity index (χ3n) is 13.3. The number of hydrogen-bond donors (Lipinski definition) is 3. The molecular weight excluding hydrogens is 765 g/mol. The summed E-state index contributed by atoms with van der Waals surface area (Å²) in [5.41, 5.74) is -3.07. The minimum atomic E-state index is -1.98. The molecule has 316 valence electrons. The number of hydrogen-bond acceptors (Lipinski definition) is 10. The fourth-order valence-corrected chi connectivity index (χ4v) is 10.6. The fraction of sp³-hybridized carbons (Fsp3) is 0.543. The second kappa shape index (κ2) is 17.7. The number of pyridine rings is 1. The number of fused-ring (bicyclic) bond motifs is 6. The van der Waals surface area contributed by atoms with Crippen LogP contribution < -0.4 is 18.9 Å². The van der Waals surface area contributed by atoms with Crippen LogP contribution in [0.15, 0.2) is 66.4 Å². The Labute approximate surface area is 347 Å². The molecule has 3 N–H and O–H groups in total. The van der Waals surface area contributed by atoms with E-state index < -0.39 is 52.4 Å². The van der Waals surface area contributed by atoms with Crippen molar-refractivity contribution in [3.63, 3.8) is 0 Å². The number of ketones is 2. The highest BCUT2D eigenvalue weighted by molar-refractivity contribution is 6.01. The summed E-state index contributed by atoms with van der Waals surface area (Å²) < 4.78 is 39.9. The van der Waals surface area contributed by atoms with Crippen molar-refractivity contribution < 1.29 is 48.2 Å². The van der Waals surface area contributed by atoms with Crippen LogP contribution in [0.25, 0.3) is 10.8 Å². The van der Waals surface area contributed by atoms with Gasteiger partial charge < -0.3 is 34.3 Å². The van der Waals surface area contributed by atoms with Gasteiger partial charge in [-0.15, -0.1) is 12.4 Å². The minimum absolute atomic E-state index is 0. The van der Waals surface area contributed by atoms with Crippen molar-refractivity contribution in [1.82, 2.24) is 4.98 Å². The molecule has 0 bridgehead atoms. The summed E-state index contributed by atoms with van der Waals surface area (Å²) in [7, 11) is 0. The van der Waals surface area contributed by atoms with Crippen LogP contribution in [0, 0.1) is 28.6 Å². The normalized spacial score (nSPS) is 30.7. The van der Waals surface area contributed by atoms with E-state index in [1.807, 2.05) is 64.2 Å². The first-order valence-corrected chi connectivity index (χ1v) is 20.4. The molecule has 4 aliphatic rings. The van der Waals surface area contributed by atoms with Gasteiger partial charge in [0.15, 0.2) is 40.2 Å². The average molecular weight is 824 g/mol. The van der Waals surface area contributed by atoms with Crippen LogP contribution in [0.1, 0.15) is 85.4 Å². The van der Waals surface area contributed by atoms with Crippen molar-refractivity contribution in [2.75, 3.05) is 33.0 Å². The van der Waals surface area contributed by atoms with Crippen molar-refractivity contribution in [3.05, 3.63) is 77.7 Å². The first-order chi connectivity index (χ1) is 27.2. The van der Waals surface area contributed by atoms with E-state index in [1.165, 1.54) is 12.2 Å². The number of ether oxygens (including phenoxy) is 4. The maximum atomic E-state index is 16.9. The Kier molecular flexibility index (Phi) is 13.7. The summed E-state index contributed by atoms with van der Waals surface area (Å²) >= 11 is 0. The van der Waals surface area contributed by atoms with Gasteiger partial charge in [0, 0.05) is 34.8 Å². The Bertz CT molecular complexity index is 2060. The number of nitrogens with zero attached hydrogens (tertiary/aromatic N) is 1. The third-order valence-corrected chi connectivity index (χ3v) is 13.3. The molecule has 0 aliphatic heterocycles. The number of Topliss-reactive ketones (excluding diaryl/α,β-unsaturated/α-hetero) is 1. The zero-order valence-corrected chi connectivity index (χ0v) is 35.5. The summed E-state index contributed by atoms with van der Waals surface area (Å²) in [4.78, 5) is 29.0. The SMILES string of the molecule is CCOc1ccc(Cc2nccc3cc(OCC)c(OCC)cc23)cc1OCC.C[C@@H]1C[C@H]2[C@@H]3CCC4=CC(=O)C=C[C@]4(C)[C@@]3(F)[C@@H](O)C[C@]2(C)[C@@]1(O)C(=O)CO.Cl. The molecule has 0 saturated heterocycles. The standard InChI is InChI=1S/C24H29NO4.C22H29FO5.ClH/c1-5-26-21-10-9-17(14-22(21)27-6-2)13-20-19-16-24(29-8-4)23(28-7-3)15-18(19)11-12-25-20;1-12-8-16-15-5-4-13-9-14(25)6-7-19(13,2)21(15,23)17(26)10-20(16,3)22(12,28)18(27)11-24;/h9-12,14-16H,5-8,13H2,1-4H3;6-7,9,12,15-17,24,26,28H,4-5,8,10-11H2,1-3H3;1H/t;12-,15+,16+,17+,19+,20+,21+,22+;/m.1./s1. The molecule has 3 aromatic rings. The van der Waals surface area contributed by atoms with Crippen molar-refractivity contribution in [1.29, 1.82) is 0 Å². The second-order valence-corrected chi connectivity index (χ2v) is 16.2. The molecule has 12 heteroatoms. The second-order valence-electron chi connectivity index (χ2n) is 16.2. The van der Waals surface area contributed by atoms with Crippen LogP contribution in [0.3, 0.4) is 0 Å². The van der Waals surface area contributed by atoms with Gasteiger partial charge in [-0.05, 0) is 126 Å². The number of aliphatic hydroxyl groups excluding tert-OH is 2. The molecule has 3 saturated carbocycles. The molecule has 2 aromatic carbocycles. The van der Waals surface area contributed by atoms with E-state index in [0.717, 1.165) is 45.0 Å². The van der Waals surface area contributed by atoms with Crippen molar-refractivity contribution in [2.45, 2.75) is 97.9 Å². The topological polar surface area (TPSA) is 145 Å². The highest BCUT2D eigenvalue weighted by Gasteiger charge is 2.75. The van der Waals surface area contributed by atoms with Crippen molar-refractivity contribution in [2.24, 2.45) is 28.6 Å². The lowest BCUT2D eigenvalue weighted by Crippen LogP contribution is -2.69. The molecule has 0 amide bonds. The summed E-state index contributed by atoms with van der Waals surface area (Å²) in [5, 5.41) is 34.1. The van der Waals surface area contributed by atoms with E-state index in [-0.39, 0.29) is 30.5 Å². The fourth-order valence-electron chi connectivity index (χ4n) is 10.6. The van der Waals surface area contributed by atoms with Crippen LogP contribution in [0.5, 0.6) is 23.0 Å². The van der Waals surface area contributed by atoms with Crippen LogP contribution in [0.4, 0.5) is 4.39 Å². The number of carbonyl (C=O) groups excluding carboxylic acids is 2. The smallest absolute Gasteiger partial charge is 0.190 e. The first-order valence-electron chi connectivity index (χ1n) is 20.4. The zero-order chi connectivity index (χ0) is 41.3. The third kappa shape index (κ3) is 7.41. The Morgan fingerprint density at radius 1 is 0.914 bits per heavy atom. The molecule has 8 atom stereocenters. The summed E-state index contributed by atoms with van der Waals surface area (Å²) in [6.45, 7) is 14.7. The van der Waals surface area contributed by atoms with Gasteiger partial charge in [0.2, 0.25) is 0 Å². The molecule has 4 aliphatic carbocycles. The van der Waals surface area contributed by atoms with Gasteiger partial charge in [-0.3, -0.25) is 14.6 Å². The molecule has 1 aromatic heterocycles. The lowest BCUT2D eigenvalue weighted by atomic mass is 9.44. The number of carbonyl (C=O) groups is 2. The summed E-state index contributed by atoms with van der Waals surface area (Å²) in [5.74, 6) is 0.924. The van der Waals surface area contributed by atoms with E-state index in [1.54, 1.807) is 26.8 Å². The van der Waals surface area contributed by atoms with Gasteiger partial charge in [-0.2, -0.15) is 0 Å². The first kappa shape index (κ1) is 45.1. The van der Waals surface area contributed by atoms with Gasteiger partial charge in [0.1, 0.15) is 12.2 Å². The molecular formula is C46H59ClFNO9. The predicted molar refractivity (Wildman–Crippen MR) is 223 cm³/mol. The highest BCUT2D eigenvalue weighted by atomic mass is 35.5. The molecule has 58 heavy (non-hydrogen) atoms. The number of benzene rings is 2. The monoisotopic (exact) mass is 823 g/mol. The van der Waals surface area contributed by atoms with E-state index in [2.05, 4.69) is 11.1 Å². The minimum Gasteiger partial charge on any atom is -0.490 e. The van der Waals surface area contributed by atoms with E-state index in [0.29, 0.717) is 57.7 Å². The number of rotatable bonds is 12. The van der Waals surface area contributed by atoms with Crippen LogP contribution in [0.2, 0.25) is 0 Å². The quantitative estimate of drug-likeness (QED) is 0.166. The zero-order valence-electron chi connectivity index (χ0n) is 34.7. The number of aromatic nitrogens is 1. The predicted octanol–water partition coefficient (Wildman–Crippen LogP) is 7.74. The molecule has 10 nitrogen and oxygen atoms in total. The van der Waals surface area contributed by atoms with E-state index in [4.69, 9.17) is 18.9 Å². The molecule has 0 radical (unpaired) electrons. The number of aliphatic hydroxyl groups is 3. The lowest BCUT2D eigenvalue weighted by Gasteiger charge is -2.62. The van der Waals surface area contributed by atoms with Crippen LogP contribution in [-0.4, -0.2) is 82.3 Å². The number of allylic oxidation sites excluding steroid dienone is 4. The van der Waals surface area contributed by atoms with E-state index in [9.17, 15) is 24.9 Å². The molecule has 7 rings (SSSR count). The Morgan fingerprint density at radius 3 is 2.17 bits per heavy atom. The number of alkyl halides is 1. The van der Waals surface area contributed by atoms with Gasteiger partial charge >= 0.3 is 0 Å². The highest BCUT2D eigenvalue weighted by Crippen LogP contribution is 2.70. The Hall–Kier alpha value is -4.03. The largest absolute Gasteiger partial charge is 0.490 e. The van der Waals surface area contributed by atoms with E-state index >= 15 is 4.39 Å². The number of halogens is 2. The Balaban J connectivity index is 0.000000217. The average Bonchev–Trinajstić information content (AvgIpc) is 3.38. The van der Waals surface area contributed by atoms with Gasteiger partial charge in [0.25, 0.3) is 0 Å². The van der Waals surface area contributed by atoms with Crippen LogP contribution >= 0.6 is 12.4 Å². The molecule has 3 fully saturated rings. The lowest BCUT2D eigenvalue weighted by molar-refractivity contribution is -0.219. The van der Waals surface area contributed by atoms with Gasteiger partial charge in [-0.1, -0.05) is 31.6 Å². The maximum Gasteiger partial charge on any atom is 0.190 e. The summed E-state index contributed by atoms with van der Waals surface area (Å²) in [6, 6.07) is 12.1. The van der Waals surface area contributed by atoms with Crippen molar-refractivity contribution in [3.8, 4) is 23.0 Å². The maximum absolute atomic E-state index is 16.9. The Morgan fingerprint density at radius 2 is 1.53 bits per heavy atom. The molecule has 0 spiro atoms. The van der Waals surface area contributed by atoms with Crippen molar-refractivity contribution >= 4 is 34.7 Å². The molecule has 0 unspecified atom stereocenters. The summed E-state index contributed by atoms with van der Waals surface area (Å²) in [6.07, 6.45) is 6.96.